The number of alkyl halides is 1. The number of rotatable bonds is 2. The molecule has 3 rings (SSSR count). The first-order chi connectivity index (χ1) is 9.33. The molecule has 4 heteroatoms. The molecule has 0 bridgehead atoms. The average Bonchev–Trinajstić information content (AvgIpc) is 2.65. The molecule has 0 fully saturated rings. The van der Waals surface area contributed by atoms with Gasteiger partial charge in [-0.1, -0.05) is 0 Å². The van der Waals surface area contributed by atoms with Crippen LogP contribution in [0.3, 0.4) is 0 Å². The summed E-state index contributed by atoms with van der Waals surface area (Å²) < 4.78 is 27.3. The summed E-state index contributed by atoms with van der Waals surface area (Å²) in [5.74, 6) is -0.209. The lowest BCUT2D eigenvalue weighted by atomic mass is 9.96. The van der Waals surface area contributed by atoms with Gasteiger partial charge in [0.15, 0.2) is 0 Å². The van der Waals surface area contributed by atoms with E-state index in [1.165, 1.54) is 11.6 Å². The average molecular weight is 278 g/mol. The van der Waals surface area contributed by atoms with Crippen molar-refractivity contribution < 1.29 is 8.78 Å². The molecule has 2 aromatic rings. The van der Waals surface area contributed by atoms with Gasteiger partial charge in [-0.05, 0) is 51.0 Å². The van der Waals surface area contributed by atoms with Gasteiger partial charge in [0.25, 0.3) is 0 Å². The highest BCUT2D eigenvalue weighted by molar-refractivity contribution is 5.85. The van der Waals surface area contributed by atoms with Gasteiger partial charge in [-0.25, -0.2) is 8.78 Å². The topological polar surface area (TPSA) is 19.0 Å². The summed E-state index contributed by atoms with van der Waals surface area (Å²) in [6.07, 6.45) is 0.828. The lowest BCUT2D eigenvalue weighted by molar-refractivity contribution is 0.0853. The molecule has 1 unspecified atom stereocenters. The second-order valence-corrected chi connectivity index (χ2v) is 6.45. The van der Waals surface area contributed by atoms with Crippen LogP contribution < -0.4 is 0 Å². The molecule has 1 aromatic carbocycles. The van der Waals surface area contributed by atoms with Crippen molar-refractivity contribution in [2.24, 2.45) is 0 Å². The van der Waals surface area contributed by atoms with Crippen molar-refractivity contribution >= 4 is 10.9 Å². The van der Waals surface area contributed by atoms with Gasteiger partial charge in [-0.3, -0.25) is 4.90 Å². The number of benzene rings is 1. The van der Waals surface area contributed by atoms with Gasteiger partial charge in [-0.15, -0.1) is 0 Å². The molecule has 1 atom stereocenters. The zero-order valence-corrected chi connectivity index (χ0v) is 12.1. The van der Waals surface area contributed by atoms with Crippen LogP contribution in [0, 0.1) is 5.82 Å². The van der Waals surface area contributed by atoms with E-state index in [2.05, 4.69) is 16.8 Å². The molecule has 1 aliphatic heterocycles. The van der Waals surface area contributed by atoms with Crippen molar-refractivity contribution in [1.82, 2.24) is 9.88 Å². The van der Waals surface area contributed by atoms with Crippen LogP contribution in [0.15, 0.2) is 18.2 Å². The number of fused-ring (bicyclic) bond motifs is 3. The molecule has 1 aliphatic rings. The molecule has 0 radical (unpaired) electrons. The van der Waals surface area contributed by atoms with E-state index in [0.29, 0.717) is 13.1 Å². The molecular weight excluding hydrogens is 258 g/mol. The third-order valence-corrected chi connectivity index (χ3v) is 4.02. The quantitative estimate of drug-likeness (QED) is 0.885. The second-order valence-electron chi connectivity index (χ2n) is 6.45. The van der Waals surface area contributed by atoms with Gasteiger partial charge in [0.2, 0.25) is 0 Å². The molecular formula is C16H20F2N2. The van der Waals surface area contributed by atoms with Crippen molar-refractivity contribution in [3.63, 3.8) is 0 Å². The van der Waals surface area contributed by atoms with E-state index in [4.69, 9.17) is 0 Å². The summed E-state index contributed by atoms with van der Waals surface area (Å²) in [5, 5.41) is 0.964. The Morgan fingerprint density at radius 3 is 2.85 bits per heavy atom. The fourth-order valence-electron chi connectivity index (χ4n) is 3.12. The van der Waals surface area contributed by atoms with Crippen molar-refractivity contribution in [3.8, 4) is 0 Å². The summed E-state index contributed by atoms with van der Waals surface area (Å²) in [4.78, 5) is 5.50. The van der Waals surface area contributed by atoms with Crippen LogP contribution in [0.5, 0.6) is 0 Å². The lowest BCUT2D eigenvalue weighted by Gasteiger charge is -2.36. The van der Waals surface area contributed by atoms with Crippen LogP contribution in [0.4, 0.5) is 8.78 Å². The maximum absolute atomic E-state index is 13.9. The Kier molecular flexibility index (Phi) is 3.09. The monoisotopic (exact) mass is 278 g/mol. The van der Waals surface area contributed by atoms with Crippen molar-refractivity contribution in [3.05, 3.63) is 35.3 Å². The van der Waals surface area contributed by atoms with E-state index in [9.17, 15) is 8.78 Å². The summed E-state index contributed by atoms with van der Waals surface area (Å²) in [6.45, 7) is 6.43. The van der Waals surface area contributed by atoms with Crippen molar-refractivity contribution in [2.75, 3.05) is 6.54 Å². The van der Waals surface area contributed by atoms with Gasteiger partial charge in [-0.2, -0.15) is 0 Å². The Morgan fingerprint density at radius 2 is 2.15 bits per heavy atom. The fraction of sp³-hybridized carbons (Fsp3) is 0.500. The summed E-state index contributed by atoms with van der Waals surface area (Å²) in [7, 11) is 0. The van der Waals surface area contributed by atoms with E-state index in [1.54, 1.807) is 26.0 Å². The minimum Gasteiger partial charge on any atom is -0.357 e. The number of hydrogen-bond acceptors (Lipinski definition) is 1. The summed E-state index contributed by atoms with van der Waals surface area (Å²) in [6, 6.07) is 5.10. The largest absolute Gasteiger partial charge is 0.357 e. The van der Waals surface area contributed by atoms with Crippen LogP contribution in [0.2, 0.25) is 0 Å². The predicted octanol–water partition coefficient (Wildman–Crippen LogP) is 3.80. The summed E-state index contributed by atoms with van der Waals surface area (Å²) >= 11 is 0. The molecule has 0 aliphatic carbocycles. The number of hydrogen-bond donors (Lipinski definition) is 1. The summed E-state index contributed by atoms with van der Waals surface area (Å²) in [5.41, 5.74) is 2.03. The standard InChI is InChI=1S/C16H20F2N2/c1-10-6-12-13-7-11(17)4-5-14(13)19-15(12)8-20(10)9-16(2,3)18/h4-5,7,10,19H,6,8-9H2,1-3H3. The zero-order valence-electron chi connectivity index (χ0n) is 12.1. The minimum absolute atomic E-state index is 0.209. The smallest absolute Gasteiger partial charge is 0.123 e. The Morgan fingerprint density at radius 1 is 1.40 bits per heavy atom. The third kappa shape index (κ3) is 2.44. The predicted molar refractivity (Wildman–Crippen MR) is 77.0 cm³/mol. The molecule has 20 heavy (non-hydrogen) atoms. The van der Waals surface area contributed by atoms with Crippen LogP contribution in [0.25, 0.3) is 10.9 Å². The van der Waals surface area contributed by atoms with Crippen molar-refractivity contribution in [2.45, 2.75) is 45.4 Å². The first-order valence-corrected chi connectivity index (χ1v) is 7.05. The molecule has 108 valence electrons. The Labute approximate surface area is 117 Å². The van der Waals surface area contributed by atoms with E-state index in [1.807, 2.05) is 0 Å². The van der Waals surface area contributed by atoms with Crippen LogP contribution in [0.1, 0.15) is 32.0 Å². The van der Waals surface area contributed by atoms with Crippen LogP contribution in [-0.2, 0) is 13.0 Å². The first kappa shape index (κ1) is 13.6. The van der Waals surface area contributed by atoms with Gasteiger partial charge in [0.1, 0.15) is 11.5 Å². The molecule has 2 nitrogen and oxygen atoms in total. The number of aromatic nitrogens is 1. The second kappa shape index (κ2) is 4.55. The minimum atomic E-state index is -1.20. The van der Waals surface area contributed by atoms with Gasteiger partial charge >= 0.3 is 0 Å². The maximum atomic E-state index is 13.9. The van der Waals surface area contributed by atoms with Gasteiger partial charge in [0, 0.05) is 35.7 Å². The number of nitrogens with zero attached hydrogens (tertiary/aromatic N) is 1. The highest BCUT2D eigenvalue weighted by atomic mass is 19.1. The molecule has 1 aromatic heterocycles. The molecule has 2 heterocycles. The van der Waals surface area contributed by atoms with Gasteiger partial charge in [0.05, 0.1) is 0 Å². The van der Waals surface area contributed by atoms with E-state index < -0.39 is 5.67 Å². The number of H-pyrrole nitrogens is 1. The normalized spacial score (nSPS) is 20.4. The van der Waals surface area contributed by atoms with Crippen LogP contribution >= 0.6 is 0 Å². The van der Waals surface area contributed by atoms with Gasteiger partial charge < -0.3 is 4.98 Å². The van der Waals surface area contributed by atoms with Crippen molar-refractivity contribution in [1.29, 1.82) is 0 Å². The Balaban J connectivity index is 1.97. The molecule has 0 saturated carbocycles. The highest BCUT2D eigenvalue weighted by Gasteiger charge is 2.30. The first-order valence-electron chi connectivity index (χ1n) is 7.05. The SMILES string of the molecule is CC1Cc2c([nH]c3ccc(F)cc23)CN1CC(C)(C)F. The highest BCUT2D eigenvalue weighted by Crippen LogP contribution is 2.31. The lowest BCUT2D eigenvalue weighted by Crippen LogP contribution is -2.44. The maximum Gasteiger partial charge on any atom is 0.123 e. The molecule has 0 spiro atoms. The number of nitrogens with one attached hydrogen (secondary N) is 1. The Hall–Kier alpha value is -1.42. The van der Waals surface area contributed by atoms with E-state index in [-0.39, 0.29) is 11.9 Å². The molecule has 0 amide bonds. The van der Waals surface area contributed by atoms with Crippen LogP contribution in [-0.4, -0.2) is 28.1 Å². The van der Waals surface area contributed by atoms with E-state index in [0.717, 1.165) is 23.0 Å². The number of halogens is 2. The van der Waals surface area contributed by atoms with E-state index >= 15 is 0 Å². The molecule has 0 saturated heterocycles. The third-order valence-electron chi connectivity index (χ3n) is 4.02. The number of aromatic amines is 1. The fourth-order valence-corrected chi connectivity index (χ4v) is 3.12. The molecule has 1 N–H and O–H groups in total. The Bertz CT molecular complexity index is 640. The zero-order chi connectivity index (χ0) is 14.5.